The van der Waals surface area contributed by atoms with Gasteiger partial charge in [-0.3, -0.25) is 4.79 Å². The Morgan fingerprint density at radius 1 is 1.28 bits per heavy atom. The number of aliphatic hydroxyl groups excluding tert-OH is 1. The molecule has 1 aromatic rings. The molecule has 0 atom stereocenters. The number of ether oxygens (including phenoxy) is 1. The highest BCUT2D eigenvalue weighted by atomic mass is 16.6. The molecular weight excluding hydrogens is 228 g/mol. The van der Waals surface area contributed by atoms with E-state index in [0.29, 0.717) is 12.8 Å². The molecule has 0 spiro atoms. The number of aliphatic hydroxyl groups is 1. The fourth-order valence-corrected chi connectivity index (χ4v) is 1.78. The lowest BCUT2D eigenvalue weighted by Crippen LogP contribution is -2.24. The summed E-state index contributed by atoms with van der Waals surface area (Å²) in [4.78, 5) is 11.6. The summed E-state index contributed by atoms with van der Waals surface area (Å²) in [7, 11) is 0. The molecule has 0 aromatic heterocycles. The van der Waals surface area contributed by atoms with E-state index >= 15 is 0 Å². The zero-order valence-electron chi connectivity index (χ0n) is 11.6. The second-order valence-electron chi connectivity index (χ2n) is 5.52. The van der Waals surface area contributed by atoms with E-state index in [0.717, 1.165) is 16.7 Å². The van der Waals surface area contributed by atoms with Crippen LogP contribution >= 0.6 is 0 Å². The van der Waals surface area contributed by atoms with Gasteiger partial charge in [0.1, 0.15) is 5.60 Å². The first-order chi connectivity index (χ1) is 8.31. The Bertz CT molecular complexity index is 416. The number of carbonyl (C=O) groups is 1. The first-order valence-electron chi connectivity index (χ1n) is 6.23. The molecule has 0 amide bonds. The fourth-order valence-electron chi connectivity index (χ4n) is 1.78. The van der Waals surface area contributed by atoms with E-state index in [9.17, 15) is 9.90 Å². The summed E-state index contributed by atoms with van der Waals surface area (Å²) < 4.78 is 5.26. The van der Waals surface area contributed by atoms with E-state index in [1.54, 1.807) is 0 Å². The minimum absolute atomic E-state index is 0.00529. The summed E-state index contributed by atoms with van der Waals surface area (Å²) in [6.45, 7) is 7.56. The molecule has 100 valence electrons. The molecule has 3 heteroatoms. The van der Waals surface area contributed by atoms with Crippen LogP contribution in [0.25, 0.3) is 0 Å². The topological polar surface area (TPSA) is 46.5 Å². The van der Waals surface area contributed by atoms with E-state index in [1.165, 1.54) is 0 Å². The molecule has 0 radical (unpaired) electrons. The molecule has 0 bridgehead atoms. The Labute approximate surface area is 109 Å². The maximum absolute atomic E-state index is 11.6. The standard InChI is InChI=1S/C15H22O3/c1-11-5-6-12(13(9-11)10-16)7-8-14(17)18-15(2,3)4/h5-6,9,16H,7-8,10H2,1-4H3. The van der Waals surface area contributed by atoms with Gasteiger partial charge in [0.05, 0.1) is 6.61 Å². The smallest absolute Gasteiger partial charge is 0.306 e. The van der Waals surface area contributed by atoms with Crippen molar-refractivity contribution in [2.45, 2.75) is 52.7 Å². The third-order valence-electron chi connectivity index (χ3n) is 2.55. The van der Waals surface area contributed by atoms with Gasteiger partial charge in [0.25, 0.3) is 0 Å². The van der Waals surface area contributed by atoms with Gasteiger partial charge in [0.2, 0.25) is 0 Å². The Balaban J connectivity index is 2.61. The third kappa shape index (κ3) is 4.88. The predicted octanol–water partition coefficient (Wildman–Crippen LogP) is 2.76. The summed E-state index contributed by atoms with van der Waals surface area (Å²) in [6.07, 6.45) is 0.943. The summed E-state index contributed by atoms with van der Waals surface area (Å²) >= 11 is 0. The number of hydrogen-bond donors (Lipinski definition) is 1. The Kier molecular flexibility index (Phi) is 4.91. The van der Waals surface area contributed by atoms with Crippen LogP contribution in [0.3, 0.4) is 0 Å². The molecule has 0 unspecified atom stereocenters. The van der Waals surface area contributed by atoms with Crippen molar-refractivity contribution in [1.29, 1.82) is 0 Å². The minimum Gasteiger partial charge on any atom is -0.460 e. The average Bonchev–Trinajstić information content (AvgIpc) is 2.24. The van der Waals surface area contributed by atoms with Crippen LogP contribution in [-0.2, 0) is 22.6 Å². The van der Waals surface area contributed by atoms with Crippen LogP contribution in [0.4, 0.5) is 0 Å². The first-order valence-corrected chi connectivity index (χ1v) is 6.23. The molecular formula is C15H22O3. The zero-order chi connectivity index (χ0) is 13.8. The van der Waals surface area contributed by atoms with Crippen LogP contribution in [0.15, 0.2) is 18.2 Å². The van der Waals surface area contributed by atoms with Gasteiger partial charge in [-0.2, -0.15) is 0 Å². The monoisotopic (exact) mass is 250 g/mol. The van der Waals surface area contributed by atoms with E-state index in [-0.39, 0.29) is 12.6 Å². The molecule has 3 nitrogen and oxygen atoms in total. The molecule has 0 fully saturated rings. The lowest BCUT2D eigenvalue weighted by Gasteiger charge is -2.19. The van der Waals surface area contributed by atoms with Crippen LogP contribution in [0, 0.1) is 6.92 Å². The van der Waals surface area contributed by atoms with Crippen LogP contribution in [0.5, 0.6) is 0 Å². The maximum atomic E-state index is 11.6. The summed E-state index contributed by atoms with van der Waals surface area (Å²) in [5.41, 5.74) is 2.57. The van der Waals surface area contributed by atoms with Crippen LogP contribution < -0.4 is 0 Å². The largest absolute Gasteiger partial charge is 0.460 e. The Morgan fingerprint density at radius 3 is 2.50 bits per heavy atom. The molecule has 1 aromatic carbocycles. The summed E-state index contributed by atoms with van der Waals surface area (Å²) in [5.74, 6) is -0.202. The van der Waals surface area contributed by atoms with Crippen LogP contribution in [0.2, 0.25) is 0 Å². The van der Waals surface area contributed by atoms with Gasteiger partial charge in [-0.05, 0) is 45.2 Å². The molecule has 1 N–H and O–H groups in total. The molecule has 0 aliphatic rings. The van der Waals surface area contributed by atoms with E-state index in [1.807, 2.05) is 45.9 Å². The minimum atomic E-state index is -0.440. The number of aryl methyl sites for hydroxylation is 2. The van der Waals surface area contributed by atoms with Crippen molar-refractivity contribution in [3.63, 3.8) is 0 Å². The van der Waals surface area contributed by atoms with Crippen LogP contribution in [-0.4, -0.2) is 16.7 Å². The van der Waals surface area contributed by atoms with E-state index in [2.05, 4.69) is 0 Å². The van der Waals surface area contributed by atoms with Gasteiger partial charge in [-0.15, -0.1) is 0 Å². The van der Waals surface area contributed by atoms with E-state index in [4.69, 9.17) is 4.74 Å². The molecule has 0 heterocycles. The number of benzene rings is 1. The molecule has 0 aliphatic heterocycles. The molecule has 18 heavy (non-hydrogen) atoms. The lowest BCUT2D eigenvalue weighted by atomic mass is 10.0. The normalized spacial score (nSPS) is 11.4. The van der Waals surface area contributed by atoms with Crippen molar-refractivity contribution in [2.75, 3.05) is 0 Å². The highest BCUT2D eigenvalue weighted by molar-refractivity contribution is 5.70. The lowest BCUT2D eigenvalue weighted by molar-refractivity contribution is -0.154. The highest BCUT2D eigenvalue weighted by Crippen LogP contribution is 2.15. The molecule has 0 saturated heterocycles. The van der Waals surface area contributed by atoms with Gasteiger partial charge in [-0.1, -0.05) is 23.8 Å². The molecule has 1 rings (SSSR count). The van der Waals surface area contributed by atoms with Gasteiger partial charge in [0.15, 0.2) is 0 Å². The molecule has 0 aliphatic carbocycles. The number of hydrogen-bond acceptors (Lipinski definition) is 3. The Hall–Kier alpha value is -1.35. The first kappa shape index (κ1) is 14.7. The van der Waals surface area contributed by atoms with Crippen molar-refractivity contribution in [3.05, 3.63) is 34.9 Å². The zero-order valence-corrected chi connectivity index (χ0v) is 11.6. The number of carbonyl (C=O) groups excluding carboxylic acids is 1. The van der Waals surface area contributed by atoms with E-state index < -0.39 is 5.60 Å². The van der Waals surface area contributed by atoms with Gasteiger partial charge in [0, 0.05) is 6.42 Å². The van der Waals surface area contributed by atoms with Crippen molar-refractivity contribution in [3.8, 4) is 0 Å². The van der Waals surface area contributed by atoms with Crippen molar-refractivity contribution >= 4 is 5.97 Å². The van der Waals surface area contributed by atoms with Crippen LogP contribution in [0.1, 0.15) is 43.9 Å². The molecule has 0 saturated carbocycles. The van der Waals surface area contributed by atoms with Crippen molar-refractivity contribution in [1.82, 2.24) is 0 Å². The average molecular weight is 250 g/mol. The van der Waals surface area contributed by atoms with Crippen molar-refractivity contribution < 1.29 is 14.6 Å². The Morgan fingerprint density at radius 2 is 1.94 bits per heavy atom. The number of rotatable bonds is 4. The number of esters is 1. The quantitative estimate of drug-likeness (QED) is 0.836. The summed E-state index contributed by atoms with van der Waals surface area (Å²) in [6, 6.07) is 5.90. The van der Waals surface area contributed by atoms with Gasteiger partial charge in [-0.25, -0.2) is 0 Å². The van der Waals surface area contributed by atoms with Crippen molar-refractivity contribution in [2.24, 2.45) is 0 Å². The second kappa shape index (κ2) is 6.01. The predicted molar refractivity (Wildman–Crippen MR) is 71.3 cm³/mol. The SMILES string of the molecule is Cc1ccc(CCC(=O)OC(C)(C)C)c(CO)c1. The van der Waals surface area contributed by atoms with Gasteiger partial charge >= 0.3 is 5.97 Å². The maximum Gasteiger partial charge on any atom is 0.306 e. The fraction of sp³-hybridized carbons (Fsp3) is 0.533. The third-order valence-corrected chi connectivity index (χ3v) is 2.55. The van der Waals surface area contributed by atoms with Gasteiger partial charge < -0.3 is 9.84 Å². The highest BCUT2D eigenvalue weighted by Gasteiger charge is 2.16. The second-order valence-corrected chi connectivity index (χ2v) is 5.52. The summed E-state index contributed by atoms with van der Waals surface area (Å²) in [5, 5.41) is 9.28.